The molecule has 5 nitrogen and oxygen atoms in total. The molecule has 6 heteroatoms. The molecule has 1 amide bonds. The van der Waals surface area contributed by atoms with Gasteiger partial charge in [-0.2, -0.15) is 0 Å². The standard InChI is InChI=1S/C17H22N4OS/c22-16(18-14-8-2-1-3-9-14)12-23-17-19-15(20-21-17)11-10-13-6-4-5-7-13/h1-3,8-9,13H,4-7,10-12H2,(H,18,22)(H,19,20,21). The number of hydrogen-bond acceptors (Lipinski definition) is 4. The van der Waals surface area contributed by atoms with E-state index in [1.807, 2.05) is 30.3 Å². The number of anilines is 1. The van der Waals surface area contributed by atoms with Crippen molar-refractivity contribution in [3.8, 4) is 0 Å². The van der Waals surface area contributed by atoms with E-state index in [4.69, 9.17) is 0 Å². The minimum Gasteiger partial charge on any atom is -0.325 e. The third kappa shape index (κ3) is 5.10. The van der Waals surface area contributed by atoms with Gasteiger partial charge in [-0.3, -0.25) is 9.89 Å². The number of aryl methyl sites for hydroxylation is 1. The summed E-state index contributed by atoms with van der Waals surface area (Å²) in [5, 5.41) is 10.7. The fraction of sp³-hybridized carbons (Fsp3) is 0.471. The summed E-state index contributed by atoms with van der Waals surface area (Å²) in [6.45, 7) is 0. The average molecular weight is 330 g/mol. The number of H-pyrrole nitrogens is 1. The molecular weight excluding hydrogens is 308 g/mol. The van der Waals surface area contributed by atoms with Gasteiger partial charge in [0.1, 0.15) is 5.82 Å². The lowest BCUT2D eigenvalue weighted by Crippen LogP contribution is -2.13. The van der Waals surface area contributed by atoms with Crippen LogP contribution < -0.4 is 5.32 Å². The van der Waals surface area contributed by atoms with E-state index in [0.717, 1.165) is 23.9 Å². The van der Waals surface area contributed by atoms with Gasteiger partial charge < -0.3 is 5.32 Å². The van der Waals surface area contributed by atoms with Gasteiger partial charge in [0.25, 0.3) is 0 Å². The molecule has 2 aromatic rings. The second-order valence-electron chi connectivity index (χ2n) is 5.96. The van der Waals surface area contributed by atoms with Crippen molar-refractivity contribution in [2.24, 2.45) is 5.92 Å². The van der Waals surface area contributed by atoms with E-state index >= 15 is 0 Å². The van der Waals surface area contributed by atoms with E-state index in [1.165, 1.54) is 43.9 Å². The number of para-hydroxylation sites is 1. The van der Waals surface area contributed by atoms with Gasteiger partial charge in [-0.15, -0.1) is 5.10 Å². The third-order valence-corrected chi connectivity index (χ3v) is 5.01. The molecular formula is C17H22N4OS. The first-order valence-corrected chi connectivity index (χ1v) is 9.17. The average Bonchev–Trinajstić information content (AvgIpc) is 3.24. The van der Waals surface area contributed by atoms with Crippen LogP contribution >= 0.6 is 11.8 Å². The lowest BCUT2D eigenvalue weighted by atomic mass is 10.0. The Hall–Kier alpha value is -1.82. The second kappa shape index (κ2) is 8.15. The first-order chi connectivity index (χ1) is 11.3. The molecule has 0 spiro atoms. The van der Waals surface area contributed by atoms with Gasteiger partial charge in [0.2, 0.25) is 11.1 Å². The van der Waals surface area contributed by atoms with Gasteiger partial charge in [-0.1, -0.05) is 55.6 Å². The quantitative estimate of drug-likeness (QED) is 0.760. The lowest BCUT2D eigenvalue weighted by Gasteiger charge is -2.05. The highest BCUT2D eigenvalue weighted by molar-refractivity contribution is 7.99. The maximum atomic E-state index is 11.9. The van der Waals surface area contributed by atoms with Crippen molar-refractivity contribution < 1.29 is 4.79 Å². The van der Waals surface area contributed by atoms with Gasteiger partial charge in [0.15, 0.2) is 0 Å². The molecule has 23 heavy (non-hydrogen) atoms. The molecule has 2 N–H and O–H groups in total. The first-order valence-electron chi connectivity index (χ1n) is 8.18. The van der Waals surface area contributed by atoms with E-state index in [2.05, 4.69) is 20.5 Å². The number of nitrogens with one attached hydrogen (secondary N) is 2. The van der Waals surface area contributed by atoms with Crippen LogP contribution in [-0.2, 0) is 11.2 Å². The number of thioether (sulfide) groups is 1. The van der Waals surface area contributed by atoms with Gasteiger partial charge in [-0.05, 0) is 24.5 Å². The van der Waals surface area contributed by atoms with Crippen molar-refractivity contribution in [1.82, 2.24) is 15.2 Å². The Bertz CT molecular complexity index is 623. The van der Waals surface area contributed by atoms with Crippen LogP contribution in [0.2, 0.25) is 0 Å². The SMILES string of the molecule is O=C(CSc1n[nH]c(CCC2CCCC2)n1)Nc1ccccc1. The molecule has 0 bridgehead atoms. The number of hydrogen-bond donors (Lipinski definition) is 2. The van der Waals surface area contributed by atoms with Crippen molar-refractivity contribution in [3.05, 3.63) is 36.2 Å². The van der Waals surface area contributed by atoms with Crippen LogP contribution in [0.5, 0.6) is 0 Å². The predicted octanol–water partition coefficient (Wildman–Crippen LogP) is 3.66. The Morgan fingerprint density at radius 2 is 2.04 bits per heavy atom. The Morgan fingerprint density at radius 1 is 1.26 bits per heavy atom. The zero-order valence-electron chi connectivity index (χ0n) is 13.1. The van der Waals surface area contributed by atoms with Crippen LogP contribution in [0.3, 0.4) is 0 Å². The molecule has 1 aliphatic carbocycles. The number of carbonyl (C=O) groups excluding carboxylic acids is 1. The topological polar surface area (TPSA) is 70.7 Å². The normalized spacial score (nSPS) is 15.0. The molecule has 0 atom stereocenters. The molecule has 0 radical (unpaired) electrons. The highest BCUT2D eigenvalue weighted by Gasteiger charge is 2.15. The highest BCUT2D eigenvalue weighted by Crippen LogP contribution is 2.28. The Balaban J connectivity index is 1.40. The molecule has 1 aliphatic rings. The Morgan fingerprint density at radius 3 is 2.83 bits per heavy atom. The number of nitrogens with zero attached hydrogens (tertiary/aromatic N) is 2. The van der Waals surface area contributed by atoms with Crippen LogP contribution in [0.4, 0.5) is 5.69 Å². The van der Waals surface area contributed by atoms with Gasteiger partial charge >= 0.3 is 0 Å². The number of rotatable bonds is 7. The van der Waals surface area contributed by atoms with Crippen molar-refractivity contribution in [2.45, 2.75) is 43.7 Å². The molecule has 122 valence electrons. The minimum atomic E-state index is -0.0431. The Kier molecular flexibility index (Phi) is 5.69. The van der Waals surface area contributed by atoms with E-state index in [9.17, 15) is 4.79 Å². The summed E-state index contributed by atoms with van der Waals surface area (Å²) in [5.74, 6) is 2.06. The third-order valence-electron chi connectivity index (χ3n) is 4.17. The Labute approximate surface area is 140 Å². The van der Waals surface area contributed by atoms with E-state index in [-0.39, 0.29) is 5.91 Å². The molecule has 0 unspecified atom stereocenters. The molecule has 1 saturated carbocycles. The molecule has 1 aromatic heterocycles. The van der Waals surface area contributed by atoms with Crippen LogP contribution in [0.15, 0.2) is 35.5 Å². The van der Waals surface area contributed by atoms with Crippen molar-refractivity contribution in [3.63, 3.8) is 0 Å². The van der Waals surface area contributed by atoms with E-state index in [1.54, 1.807) is 0 Å². The van der Waals surface area contributed by atoms with Crippen LogP contribution in [0.1, 0.15) is 37.9 Å². The molecule has 0 saturated heterocycles. The fourth-order valence-corrected chi connectivity index (χ4v) is 3.56. The summed E-state index contributed by atoms with van der Waals surface area (Å²) in [5.41, 5.74) is 0.810. The molecule has 0 aliphatic heterocycles. The number of benzene rings is 1. The smallest absolute Gasteiger partial charge is 0.234 e. The van der Waals surface area contributed by atoms with Crippen LogP contribution in [0.25, 0.3) is 0 Å². The summed E-state index contributed by atoms with van der Waals surface area (Å²) in [7, 11) is 0. The molecule has 1 fully saturated rings. The fourth-order valence-electron chi connectivity index (χ4n) is 2.94. The van der Waals surface area contributed by atoms with E-state index < -0.39 is 0 Å². The summed E-state index contributed by atoms with van der Waals surface area (Å²) in [6.07, 6.45) is 7.60. The largest absolute Gasteiger partial charge is 0.325 e. The summed E-state index contributed by atoms with van der Waals surface area (Å²) < 4.78 is 0. The first kappa shape index (κ1) is 16.1. The predicted molar refractivity (Wildman–Crippen MR) is 92.5 cm³/mol. The second-order valence-corrected chi connectivity index (χ2v) is 6.90. The minimum absolute atomic E-state index is 0.0431. The monoisotopic (exact) mass is 330 g/mol. The number of carbonyl (C=O) groups is 1. The number of aromatic nitrogens is 3. The van der Waals surface area contributed by atoms with Crippen molar-refractivity contribution in [2.75, 3.05) is 11.1 Å². The van der Waals surface area contributed by atoms with Gasteiger partial charge in [-0.25, -0.2) is 4.98 Å². The zero-order chi connectivity index (χ0) is 15.9. The van der Waals surface area contributed by atoms with Gasteiger partial charge in [0.05, 0.1) is 5.75 Å². The summed E-state index contributed by atoms with van der Waals surface area (Å²) in [6, 6.07) is 9.46. The van der Waals surface area contributed by atoms with Crippen molar-refractivity contribution >= 4 is 23.4 Å². The zero-order valence-corrected chi connectivity index (χ0v) is 13.9. The van der Waals surface area contributed by atoms with E-state index in [0.29, 0.717) is 10.9 Å². The summed E-state index contributed by atoms with van der Waals surface area (Å²) >= 11 is 1.36. The van der Waals surface area contributed by atoms with Crippen LogP contribution in [0, 0.1) is 5.92 Å². The number of aromatic amines is 1. The molecule has 3 rings (SSSR count). The molecule has 1 heterocycles. The van der Waals surface area contributed by atoms with Crippen molar-refractivity contribution in [1.29, 1.82) is 0 Å². The number of amides is 1. The maximum Gasteiger partial charge on any atom is 0.234 e. The van der Waals surface area contributed by atoms with Crippen LogP contribution in [-0.4, -0.2) is 26.8 Å². The maximum absolute atomic E-state index is 11.9. The van der Waals surface area contributed by atoms with Gasteiger partial charge in [0, 0.05) is 12.1 Å². The summed E-state index contributed by atoms with van der Waals surface area (Å²) in [4.78, 5) is 16.4. The highest BCUT2D eigenvalue weighted by atomic mass is 32.2. The lowest BCUT2D eigenvalue weighted by molar-refractivity contribution is -0.113. The molecule has 1 aromatic carbocycles.